The summed E-state index contributed by atoms with van der Waals surface area (Å²) >= 11 is 0. The number of hydrogen-bond donors (Lipinski definition) is 1. The number of rotatable bonds is 8. The molecule has 0 aromatic heterocycles. The van der Waals surface area contributed by atoms with Crippen LogP contribution in [0, 0.1) is 11.6 Å². The van der Waals surface area contributed by atoms with E-state index in [-0.39, 0.29) is 18.9 Å². The second-order valence-electron chi connectivity index (χ2n) is 6.68. The number of nitrogens with one attached hydrogen (secondary N) is 1. The molecule has 1 atom stereocenters. The van der Waals surface area contributed by atoms with Crippen LogP contribution in [0.5, 0.6) is 5.75 Å². The first-order chi connectivity index (χ1) is 13.5. The number of hydrogen-bond acceptors (Lipinski definition) is 3. The number of halogens is 2. The second-order valence-corrected chi connectivity index (χ2v) is 6.68. The summed E-state index contributed by atoms with van der Waals surface area (Å²) in [5.74, 6) is -1.27. The van der Waals surface area contributed by atoms with Gasteiger partial charge in [0.05, 0.1) is 6.54 Å². The molecule has 28 heavy (non-hydrogen) atoms. The molecule has 7 heteroatoms. The molecule has 1 saturated heterocycles. The van der Waals surface area contributed by atoms with Crippen molar-refractivity contribution in [2.45, 2.75) is 31.7 Å². The van der Waals surface area contributed by atoms with Gasteiger partial charge in [0.25, 0.3) is 5.91 Å². The number of para-hydroxylation sites is 1. The van der Waals surface area contributed by atoms with Crippen LogP contribution in [0.2, 0.25) is 0 Å². The summed E-state index contributed by atoms with van der Waals surface area (Å²) in [5, 5.41) is 2.78. The number of imide groups is 1. The summed E-state index contributed by atoms with van der Waals surface area (Å²) < 4.78 is 32.3. The Hall–Kier alpha value is -2.96. The lowest BCUT2D eigenvalue weighted by Gasteiger charge is -2.27. The lowest BCUT2D eigenvalue weighted by Crippen LogP contribution is -2.44. The molecular formula is C21H22F2N2O3. The average Bonchev–Trinajstić information content (AvgIpc) is 2.93. The Labute approximate surface area is 162 Å². The number of urea groups is 1. The van der Waals surface area contributed by atoms with Crippen LogP contribution in [-0.4, -0.2) is 30.0 Å². The molecule has 2 aromatic rings. The van der Waals surface area contributed by atoms with E-state index in [0.717, 1.165) is 11.3 Å². The predicted octanol–water partition coefficient (Wildman–Crippen LogP) is 3.98. The maximum Gasteiger partial charge on any atom is 0.325 e. The Bertz CT molecular complexity index is 857. The minimum Gasteiger partial charge on any atom is -0.489 e. The minimum absolute atomic E-state index is 0.0198. The van der Waals surface area contributed by atoms with Crippen LogP contribution < -0.4 is 10.1 Å². The van der Waals surface area contributed by atoms with E-state index < -0.39 is 29.1 Å². The minimum atomic E-state index is -1.22. The molecule has 1 aliphatic heterocycles. The number of amides is 3. The average molecular weight is 388 g/mol. The van der Waals surface area contributed by atoms with Crippen LogP contribution in [-0.2, 0) is 10.3 Å². The number of carbonyl (C=O) groups is 2. The maximum absolute atomic E-state index is 13.6. The van der Waals surface area contributed by atoms with Gasteiger partial charge in [-0.3, -0.25) is 9.69 Å². The van der Waals surface area contributed by atoms with Crippen LogP contribution in [0.15, 0.2) is 48.5 Å². The summed E-state index contributed by atoms with van der Waals surface area (Å²) in [6, 6.07) is 11.0. The molecule has 3 rings (SSSR count). The Morgan fingerprint density at radius 1 is 1.07 bits per heavy atom. The zero-order valence-electron chi connectivity index (χ0n) is 15.6. The van der Waals surface area contributed by atoms with Gasteiger partial charge in [-0.2, -0.15) is 0 Å². The molecule has 5 nitrogen and oxygen atoms in total. The van der Waals surface area contributed by atoms with Gasteiger partial charge in [-0.1, -0.05) is 44.0 Å². The van der Waals surface area contributed by atoms with Crippen LogP contribution in [0.1, 0.15) is 31.7 Å². The van der Waals surface area contributed by atoms with E-state index in [1.807, 2.05) is 6.92 Å². The van der Waals surface area contributed by atoms with E-state index in [2.05, 4.69) is 5.32 Å². The number of nitrogens with zero attached hydrogens (tertiary/aromatic N) is 1. The molecule has 2 aromatic carbocycles. The van der Waals surface area contributed by atoms with Gasteiger partial charge in [0, 0.05) is 0 Å². The van der Waals surface area contributed by atoms with Crippen LogP contribution in [0.3, 0.4) is 0 Å². The normalized spacial score (nSPS) is 19.0. The Morgan fingerprint density at radius 2 is 1.79 bits per heavy atom. The topological polar surface area (TPSA) is 58.6 Å². The molecule has 148 valence electrons. The zero-order chi connectivity index (χ0) is 20.1. The fraction of sp³-hybridized carbons (Fsp3) is 0.333. The molecule has 1 fully saturated rings. The molecule has 0 aliphatic carbocycles. The lowest BCUT2D eigenvalue weighted by atomic mass is 9.85. The summed E-state index contributed by atoms with van der Waals surface area (Å²) in [5.41, 5.74) is -0.683. The summed E-state index contributed by atoms with van der Waals surface area (Å²) in [7, 11) is 0. The van der Waals surface area contributed by atoms with Crippen molar-refractivity contribution < 1.29 is 23.1 Å². The molecule has 0 spiro atoms. The highest BCUT2D eigenvalue weighted by Gasteiger charge is 2.51. The Kier molecular flexibility index (Phi) is 5.92. The van der Waals surface area contributed by atoms with Crippen molar-refractivity contribution >= 4 is 11.9 Å². The van der Waals surface area contributed by atoms with E-state index in [0.29, 0.717) is 18.4 Å². The van der Waals surface area contributed by atoms with Gasteiger partial charge in [-0.15, -0.1) is 0 Å². The van der Waals surface area contributed by atoms with Crippen molar-refractivity contribution in [1.82, 2.24) is 10.2 Å². The van der Waals surface area contributed by atoms with Gasteiger partial charge in [0.1, 0.15) is 18.0 Å². The van der Waals surface area contributed by atoms with E-state index in [4.69, 9.17) is 4.74 Å². The Morgan fingerprint density at radius 3 is 2.46 bits per heavy atom. The fourth-order valence-electron chi connectivity index (χ4n) is 3.32. The molecule has 0 bridgehead atoms. The Balaban J connectivity index is 1.77. The number of benzene rings is 2. The maximum atomic E-state index is 13.6. The second kappa shape index (κ2) is 8.37. The van der Waals surface area contributed by atoms with Gasteiger partial charge >= 0.3 is 6.03 Å². The molecule has 3 amide bonds. The van der Waals surface area contributed by atoms with Crippen molar-refractivity contribution in [2.24, 2.45) is 0 Å². The van der Waals surface area contributed by atoms with Gasteiger partial charge in [-0.05, 0) is 36.2 Å². The molecule has 0 saturated carbocycles. The third-order valence-corrected chi connectivity index (χ3v) is 4.83. The van der Waals surface area contributed by atoms with E-state index in [1.54, 1.807) is 12.1 Å². The van der Waals surface area contributed by atoms with Crippen LogP contribution in [0.25, 0.3) is 0 Å². The smallest absolute Gasteiger partial charge is 0.325 e. The van der Waals surface area contributed by atoms with E-state index in [1.165, 1.54) is 36.4 Å². The fourth-order valence-corrected chi connectivity index (χ4v) is 3.32. The van der Waals surface area contributed by atoms with Gasteiger partial charge in [0.15, 0.2) is 11.6 Å². The SMILES string of the molecule is CCCCC1(c2ccc(F)cc2)NC(=O)N(CCOc2ccccc2F)C1=O. The highest BCUT2D eigenvalue weighted by atomic mass is 19.1. The molecule has 1 heterocycles. The first kappa shape index (κ1) is 19.8. The summed E-state index contributed by atoms with van der Waals surface area (Å²) in [6.07, 6.45) is 1.95. The van der Waals surface area contributed by atoms with E-state index >= 15 is 0 Å². The van der Waals surface area contributed by atoms with Crippen molar-refractivity contribution in [3.63, 3.8) is 0 Å². The number of ether oxygens (including phenoxy) is 1. The summed E-state index contributed by atoms with van der Waals surface area (Å²) in [6.45, 7) is 1.93. The third-order valence-electron chi connectivity index (χ3n) is 4.83. The molecule has 1 unspecified atom stereocenters. The standard InChI is InChI=1S/C21H22F2N2O3/c1-2-3-12-21(15-8-10-16(22)11-9-15)19(26)25(20(27)24-21)13-14-28-18-7-5-4-6-17(18)23/h4-11H,2-3,12-14H2,1H3,(H,24,27). The van der Waals surface area contributed by atoms with E-state index in [9.17, 15) is 18.4 Å². The predicted molar refractivity (Wildman–Crippen MR) is 99.7 cm³/mol. The highest BCUT2D eigenvalue weighted by molar-refractivity contribution is 6.07. The lowest BCUT2D eigenvalue weighted by molar-refractivity contribution is -0.132. The largest absolute Gasteiger partial charge is 0.489 e. The zero-order valence-corrected chi connectivity index (χ0v) is 15.6. The number of unbranched alkanes of at least 4 members (excludes halogenated alkanes) is 1. The third kappa shape index (κ3) is 3.83. The highest BCUT2D eigenvalue weighted by Crippen LogP contribution is 2.34. The first-order valence-corrected chi connectivity index (χ1v) is 9.25. The van der Waals surface area contributed by atoms with Crippen molar-refractivity contribution in [1.29, 1.82) is 0 Å². The van der Waals surface area contributed by atoms with Crippen molar-refractivity contribution in [2.75, 3.05) is 13.2 Å². The molecule has 0 radical (unpaired) electrons. The molecular weight excluding hydrogens is 366 g/mol. The van der Waals surface area contributed by atoms with Crippen LogP contribution >= 0.6 is 0 Å². The summed E-state index contributed by atoms with van der Waals surface area (Å²) in [4.78, 5) is 26.7. The van der Waals surface area contributed by atoms with Crippen molar-refractivity contribution in [3.05, 3.63) is 65.7 Å². The quantitative estimate of drug-likeness (QED) is 0.696. The van der Waals surface area contributed by atoms with Crippen LogP contribution in [0.4, 0.5) is 13.6 Å². The van der Waals surface area contributed by atoms with Crippen molar-refractivity contribution in [3.8, 4) is 5.75 Å². The molecule has 1 aliphatic rings. The van der Waals surface area contributed by atoms with Gasteiger partial charge in [0.2, 0.25) is 0 Å². The van der Waals surface area contributed by atoms with Gasteiger partial charge < -0.3 is 10.1 Å². The van der Waals surface area contributed by atoms with Gasteiger partial charge in [-0.25, -0.2) is 13.6 Å². The molecule has 1 N–H and O–H groups in total. The first-order valence-electron chi connectivity index (χ1n) is 9.25. The number of carbonyl (C=O) groups excluding carboxylic acids is 2. The monoisotopic (exact) mass is 388 g/mol.